The van der Waals surface area contributed by atoms with Crippen molar-refractivity contribution in [3.63, 3.8) is 0 Å². The summed E-state index contributed by atoms with van der Waals surface area (Å²) in [5, 5.41) is 2.98. The van der Waals surface area contributed by atoms with Crippen molar-refractivity contribution in [2.24, 2.45) is 0 Å². The second-order valence-electron chi connectivity index (χ2n) is 6.28. The molecule has 0 spiro atoms. The van der Waals surface area contributed by atoms with Crippen LogP contribution in [-0.4, -0.2) is 54.3 Å². The third-order valence-electron chi connectivity index (χ3n) is 4.43. The van der Waals surface area contributed by atoms with Crippen LogP contribution in [0.15, 0.2) is 30.3 Å². The van der Waals surface area contributed by atoms with E-state index in [4.69, 9.17) is 0 Å². The van der Waals surface area contributed by atoms with E-state index in [-0.39, 0.29) is 18.4 Å². The second-order valence-corrected chi connectivity index (χ2v) is 6.28. The number of nitrogens with one attached hydrogen (secondary N) is 1. The normalized spacial score (nSPS) is 18.4. The van der Waals surface area contributed by atoms with E-state index < -0.39 is 0 Å². The zero-order chi connectivity index (χ0) is 16.7. The van der Waals surface area contributed by atoms with Gasteiger partial charge in [0, 0.05) is 33.1 Å². The molecule has 1 aromatic rings. The number of benzene rings is 1. The van der Waals surface area contributed by atoms with Crippen LogP contribution in [0.5, 0.6) is 0 Å². The van der Waals surface area contributed by atoms with E-state index in [9.17, 15) is 9.59 Å². The molecule has 1 fully saturated rings. The van der Waals surface area contributed by atoms with Crippen molar-refractivity contribution in [3.05, 3.63) is 35.9 Å². The van der Waals surface area contributed by atoms with Gasteiger partial charge in [0.05, 0.1) is 6.54 Å². The number of nitrogens with zero attached hydrogens (tertiary/aromatic N) is 2. The fourth-order valence-corrected chi connectivity index (χ4v) is 2.93. The number of hydrogen-bond acceptors (Lipinski definition) is 3. The van der Waals surface area contributed by atoms with Crippen LogP contribution in [0.25, 0.3) is 0 Å². The molecule has 5 heteroatoms. The lowest BCUT2D eigenvalue weighted by atomic mass is 10.0. The molecule has 0 aromatic heterocycles. The minimum Gasteiger partial charge on any atom is -0.353 e. The summed E-state index contributed by atoms with van der Waals surface area (Å²) in [7, 11) is 1.64. The van der Waals surface area contributed by atoms with Crippen LogP contribution in [0, 0.1) is 0 Å². The highest BCUT2D eigenvalue weighted by molar-refractivity contribution is 5.83. The molecule has 0 saturated carbocycles. The van der Waals surface area contributed by atoms with Crippen LogP contribution in [-0.2, 0) is 16.1 Å². The van der Waals surface area contributed by atoms with Gasteiger partial charge >= 0.3 is 0 Å². The van der Waals surface area contributed by atoms with Crippen LogP contribution in [0.2, 0.25) is 0 Å². The van der Waals surface area contributed by atoms with Crippen LogP contribution in [0.4, 0.5) is 0 Å². The molecule has 0 bridgehead atoms. The van der Waals surface area contributed by atoms with Crippen molar-refractivity contribution in [1.82, 2.24) is 15.1 Å². The van der Waals surface area contributed by atoms with Gasteiger partial charge in [-0.05, 0) is 24.9 Å². The third kappa shape index (κ3) is 5.67. The summed E-state index contributed by atoms with van der Waals surface area (Å²) in [5.41, 5.74) is 1.31. The van der Waals surface area contributed by atoms with E-state index in [1.54, 1.807) is 7.05 Å². The van der Waals surface area contributed by atoms with Crippen LogP contribution in [0.3, 0.4) is 0 Å². The summed E-state index contributed by atoms with van der Waals surface area (Å²) in [6.07, 6.45) is 3.53. The predicted molar refractivity (Wildman–Crippen MR) is 90.8 cm³/mol. The third-order valence-corrected chi connectivity index (χ3v) is 4.43. The molecule has 1 atom stereocenters. The number of hydrogen-bond donors (Lipinski definition) is 1. The summed E-state index contributed by atoms with van der Waals surface area (Å²) in [4.78, 5) is 27.0. The molecule has 1 aromatic carbocycles. The largest absolute Gasteiger partial charge is 0.353 e. The summed E-state index contributed by atoms with van der Waals surface area (Å²) in [6, 6.07) is 10.8. The summed E-state index contributed by atoms with van der Waals surface area (Å²) in [5.74, 6) is -0.184. The van der Waals surface area contributed by atoms with Gasteiger partial charge in [-0.1, -0.05) is 36.8 Å². The van der Waals surface area contributed by atoms with Crippen molar-refractivity contribution < 1.29 is 9.59 Å². The molecule has 1 unspecified atom stereocenters. The van der Waals surface area contributed by atoms with Crippen molar-refractivity contribution in [2.75, 3.05) is 26.7 Å². The van der Waals surface area contributed by atoms with Gasteiger partial charge < -0.3 is 10.2 Å². The van der Waals surface area contributed by atoms with E-state index >= 15 is 0 Å². The summed E-state index contributed by atoms with van der Waals surface area (Å²) in [6.45, 7) is 4.24. The van der Waals surface area contributed by atoms with Crippen LogP contribution < -0.4 is 5.32 Å². The lowest BCUT2D eigenvalue weighted by molar-refractivity contribution is -0.133. The smallest absolute Gasteiger partial charge is 0.239 e. The van der Waals surface area contributed by atoms with Crippen LogP contribution >= 0.6 is 0 Å². The molecule has 2 rings (SSSR count). The van der Waals surface area contributed by atoms with Gasteiger partial charge in [0.25, 0.3) is 0 Å². The number of carbonyl (C=O) groups excluding carboxylic acids is 2. The molecule has 1 heterocycles. The zero-order valence-electron chi connectivity index (χ0n) is 14.1. The van der Waals surface area contributed by atoms with Gasteiger partial charge in [0.15, 0.2) is 0 Å². The fraction of sp³-hybridized carbons (Fsp3) is 0.556. The lowest BCUT2D eigenvalue weighted by Crippen LogP contribution is -2.48. The van der Waals surface area contributed by atoms with Crippen molar-refractivity contribution >= 4 is 11.8 Å². The Kier molecular flexibility index (Phi) is 6.59. The highest BCUT2D eigenvalue weighted by atomic mass is 16.2. The molecule has 126 valence electrons. The first-order chi connectivity index (χ1) is 11.1. The average molecular weight is 317 g/mol. The molecule has 5 nitrogen and oxygen atoms in total. The Bertz CT molecular complexity index is 518. The summed E-state index contributed by atoms with van der Waals surface area (Å²) < 4.78 is 0. The molecule has 23 heavy (non-hydrogen) atoms. The molecule has 1 aliphatic heterocycles. The minimum atomic E-state index is -0.0940. The predicted octanol–water partition coefficient (Wildman–Crippen LogP) is 1.64. The standard InChI is InChI=1S/C18H27N3O2/c1-15(22)20(2)14-18(23)19-12-17-10-6-7-11-21(17)13-16-8-4-3-5-9-16/h3-5,8-9,17H,6-7,10-14H2,1-2H3,(H,19,23). The van der Waals surface area contributed by atoms with Gasteiger partial charge in [-0.3, -0.25) is 14.5 Å². The minimum absolute atomic E-state index is 0.0899. The SMILES string of the molecule is CC(=O)N(C)CC(=O)NCC1CCCCN1Cc1ccccc1. The van der Waals surface area contributed by atoms with Crippen molar-refractivity contribution in [1.29, 1.82) is 0 Å². The Labute approximate surface area is 138 Å². The van der Waals surface area contributed by atoms with E-state index in [2.05, 4.69) is 34.5 Å². The van der Waals surface area contributed by atoms with Gasteiger partial charge in [0.1, 0.15) is 0 Å². The maximum absolute atomic E-state index is 11.9. The molecular weight excluding hydrogens is 290 g/mol. The van der Waals surface area contributed by atoms with Crippen LogP contribution in [0.1, 0.15) is 31.7 Å². The van der Waals surface area contributed by atoms with Crippen molar-refractivity contribution in [2.45, 2.75) is 38.8 Å². The Morgan fingerprint density at radius 1 is 1.26 bits per heavy atom. The van der Waals surface area contributed by atoms with E-state index in [1.807, 2.05) is 6.07 Å². The number of amides is 2. The number of likely N-dealkylation sites (tertiary alicyclic amines) is 1. The summed E-state index contributed by atoms with van der Waals surface area (Å²) >= 11 is 0. The highest BCUT2D eigenvalue weighted by Gasteiger charge is 2.23. The molecule has 1 N–H and O–H groups in total. The zero-order valence-corrected chi connectivity index (χ0v) is 14.1. The Morgan fingerprint density at radius 3 is 2.70 bits per heavy atom. The Balaban J connectivity index is 1.84. The number of rotatable bonds is 6. The highest BCUT2D eigenvalue weighted by Crippen LogP contribution is 2.19. The lowest BCUT2D eigenvalue weighted by Gasteiger charge is -2.36. The first-order valence-electron chi connectivity index (χ1n) is 8.32. The maximum Gasteiger partial charge on any atom is 0.239 e. The second kappa shape index (κ2) is 8.67. The molecule has 1 saturated heterocycles. The molecule has 0 aliphatic carbocycles. The quantitative estimate of drug-likeness (QED) is 0.868. The Hall–Kier alpha value is -1.88. The molecule has 2 amide bonds. The van der Waals surface area contributed by atoms with E-state index in [0.717, 1.165) is 19.5 Å². The number of carbonyl (C=O) groups is 2. The number of likely N-dealkylation sites (N-methyl/N-ethyl adjacent to an activating group) is 1. The maximum atomic E-state index is 11.9. The molecule has 0 radical (unpaired) electrons. The van der Waals surface area contributed by atoms with Gasteiger partial charge in [-0.15, -0.1) is 0 Å². The van der Waals surface area contributed by atoms with Gasteiger partial charge in [-0.2, -0.15) is 0 Å². The molecule has 1 aliphatic rings. The topological polar surface area (TPSA) is 52.7 Å². The number of piperidine rings is 1. The van der Waals surface area contributed by atoms with Gasteiger partial charge in [-0.25, -0.2) is 0 Å². The molecular formula is C18H27N3O2. The fourth-order valence-electron chi connectivity index (χ4n) is 2.93. The van der Waals surface area contributed by atoms with E-state index in [1.165, 1.54) is 30.2 Å². The van der Waals surface area contributed by atoms with Gasteiger partial charge in [0.2, 0.25) is 11.8 Å². The Morgan fingerprint density at radius 2 is 2.00 bits per heavy atom. The average Bonchev–Trinajstić information content (AvgIpc) is 2.55. The first-order valence-corrected chi connectivity index (χ1v) is 8.32. The van der Waals surface area contributed by atoms with E-state index in [0.29, 0.717) is 12.6 Å². The van der Waals surface area contributed by atoms with Crippen molar-refractivity contribution in [3.8, 4) is 0 Å². The first kappa shape index (κ1) is 17.5. The monoisotopic (exact) mass is 317 g/mol.